The Labute approximate surface area is 120 Å². The normalized spacial score (nSPS) is 36.1. The summed E-state index contributed by atoms with van der Waals surface area (Å²) in [6, 6.07) is 0. The second kappa shape index (κ2) is 7.20. The van der Waals surface area contributed by atoms with E-state index in [4.69, 9.17) is 9.84 Å². The molecule has 0 spiro atoms. The van der Waals surface area contributed by atoms with Gasteiger partial charge >= 0.3 is 5.97 Å². The molecule has 0 bridgehead atoms. The minimum Gasteiger partial charge on any atom is -0.479 e. The number of rotatable bonds is 6. The molecule has 1 saturated heterocycles. The molecule has 0 aromatic rings. The van der Waals surface area contributed by atoms with E-state index in [0.717, 1.165) is 6.42 Å². The third-order valence-corrected chi connectivity index (χ3v) is 4.45. The molecule has 0 aromatic heterocycles. The number of ether oxygens (including phenoxy) is 1. The van der Waals surface area contributed by atoms with Crippen molar-refractivity contribution < 1.29 is 24.9 Å². The van der Waals surface area contributed by atoms with Gasteiger partial charge in [-0.05, 0) is 25.7 Å². The van der Waals surface area contributed by atoms with Crippen molar-refractivity contribution in [1.82, 2.24) is 0 Å². The first-order valence-corrected chi connectivity index (χ1v) is 7.13. The first-order chi connectivity index (χ1) is 9.31. The monoisotopic (exact) mass is 286 g/mol. The molecule has 0 aromatic carbocycles. The average Bonchev–Trinajstić information content (AvgIpc) is 2.39. The highest BCUT2D eigenvalue weighted by Gasteiger charge is 2.43. The van der Waals surface area contributed by atoms with Crippen LogP contribution in [-0.4, -0.2) is 46.2 Å². The van der Waals surface area contributed by atoms with Crippen LogP contribution in [-0.2, 0) is 9.53 Å². The van der Waals surface area contributed by atoms with Crippen LogP contribution in [0.25, 0.3) is 0 Å². The highest BCUT2D eigenvalue weighted by molar-refractivity contribution is 5.72. The zero-order valence-electron chi connectivity index (χ0n) is 12.5. The van der Waals surface area contributed by atoms with E-state index in [1.165, 1.54) is 0 Å². The van der Waals surface area contributed by atoms with Crippen LogP contribution in [0.2, 0.25) is 0 Å². The molecule has 116 valence electrons. The molecular weight excluding hydrogens is 260 g/mol. The van der Waals surface area contributed by atoms with Crippen molar-refractivity contribution >= 4 is 5.97 Å². The van der Waals surface area contributed by atoms with Gasteiger partial charge in [0.05, 0.1) is 18.8 Å². The number of carboxylic acid groups (broad SMARTS) is 1. The number of carboxylic acids is 1. The summed E-state index contributed by atoms with van der Waals surface area (Å²) in [7, 11) is 0. The Balaban J connectivity index is 2.59. The van der Waals surface area contributed by atoms with Gasteiger partial charge in [-0.1, -0.05) is 26.0 Å². The summed E-state index contributed by atoms with van der Waals surface area (Å²) in [5.41, 5.74) is -0.289. The molecule has 3 N–H and O–H groups in total. The smallest absolute Gasteiger partial charge is 0.332 e. The van der Waals surface area contributed by atoms with Crippen LogP contribution >= 0.6 is 0 Å². The largest absolute Gasteiger partial charge is 0.479 e. The molecule has 1 heterocycles. The van der Waals surface area contributed by atoms with Crippen LogP contribution in [0.5, 0.6) is 0 Å². The van der Waals surface area contributed by atoms with Crippen molar-refractivity contribution in [2.24, 2.45) is 11.3 Å². The van der Waals surface area contributed by atoms with Crippen LogP contribution in [0.4, 0.5) is 0 Å². The van der Waals surface area contributed by atoms with Crippen LogP contribution in [0.1, 0.15) is 40.0 Å². The Morgan fingerprint density at radius 3 is 2.65 bits per heavy atom. The van der Waals surface area contributed by atoms with Gasteiger partial charge in [0.1, 0.15) is 0 Å². The van der Waals surface area contributed by atoms with Crippen molar-refractivity contribution in [3.63, 3.8) is 0 Å². The van der Waals surface area contributed by atoms with E-state index in [1.54, 1.807) is 6.08 Å². The predicted octanol–water partition coefficient (Wildman–Crippen LogP) is 1.58. The van der Waals surface area contributed by atoms with E-state index in [9.17, 15) is 15.0 Å². The fourth-order valence-electron chi connectivity index (χ4n) is 2.70. The van der Waals surface area contributed by atoms with Gasteiger partial charge in [-0.2, -0.15) is 0 Å². The van der Waals surface area contributed by atoms with Crippen LogP contribution in [0.3, 0.4) is 0 Å². The lowest BCUT2D eigenvalue weighted by Crippen LogP contribution is -2.49. The standard InChI is InChI=1S/C15H26O5/c1-10-8-11(2)20-13(15(10,3)9-16)7-5-4-6-12(17)14(18)19/h4-5,10-13,16-17H,6-9H2,1-3H3,(H,18,19)/b5-4-/t10-,11-,12-,13+,15-/m1/s1. The fourth-order valence-corrected chi connectivity index (χ4v) is 2.70. The molecule has 1 rings (SSSR count). The van der Waals surface area contributed by atoms with Crippen LogP contribution in [0.15, 0.2) is 12.2 Å². The van der Waals surface area contributed by atoms with Crippen molar-refractivity contribution in [3.8, 4) is 0 Å². The third-order valence-electron chi connectivity index (χ3n) is 4.45. The quantitative estimate of drug-likeness (QED) is 0.645. The SMILES string of the molecule is C[C@@H]1C[C@@H](C)[C@@](C)(CO)[C@H](C/C=C\C[C@@H](O)C(=O)O)O1. The van der Waals surface area contributed by atoms with Gasteiger partial charge in [0.25, 0.3) is 0 Å². The van der Waals surface area contributed by atoms with Crippen molar-refractivity contribution in [2.45, 2.75) is 58.3 Å². The zero-order valence-corrected chi connectivity index (χ0v) is 12.5. The van der Waals surface area contributed by atoms with Gasteiger partial charge < -0.3 is 20.1 Å². The Hall–Kier alpha value is -0.910. The molecule has 0 saturated carbocycles. The molecule has 0 amide bonds. The van der Waals surface area contributed by atoms with Gasteiger partial charge in [0.15, 0.2) is 6.10 Å². The van der Waals surface area contributed by atoms with Crippen molar-refractivity contribution in [2.75, 3.05) is 6.61 Å². The Kier molecular flexibility index (Phi) is 6.17. The summed E-state index contributed by atoms with van der Waals surface area (Å²) in [5, 5.41) is 27.4. The molecule has 20 heavy (non-hydrogen) atoms. The Morgan fingerprint density at radius 1 is 1.45 bits per heavy atom. The van der Waals surface area contributed by atoms with E-state index in [-0.39, 0.29) is 30.7 Å². The van der Waals surface area contributed by atoms with Crippen molar-refractivity contribution in [1.29, 1.82) is 0 Å². The number of hydrogen-bond donors (Lipinski definition) is 3. The van der Waals surface area contributed by atoms with Gasteiger partial charge in [-0.25, -0.2) is 4.79 Å². The lowest BCUT2D eigenvalue weighted by atomic mass is 9.69. The maximum absolute atomic E-state index is 10.5. The average molecular weight is 286 g/mol. The molecular formula is C15H26O5. The van der Waals surface area contributed by atoms with Gasteiger partial charge in [-0.15, -0.1) is 0 Å². The topological polar surface area (TPSA) is 87.0 Å². The minimum atomic E-state index is -1.36. The number of aliphatic carboxylic acids is 1. The van der Waals surface area contributed by atoms with Crippen molar-refractivity contribution in [3.05, 3.63) is 12.2 Å². The molecule has 0 aliphatic carbocycles. The van der Waals surface area contributed by atoms with Gasteiger partial charge in [0.2, 0.25) is 0 Å². The second-order valence-electron chi connectivity index (χ2n) is 6.03. The summed E-state index contributed by atoms with van der Waals surface area (Å²) in [4.78, 5) is 10.5. The lowest BCUT2D eigenvalue weighted by molar-refractivity contribution is -0.157. The van der Waals surface area contributed by atoms with E-state index in [0.29, 0.717) is 12.3 Å². The summed E-state index contributed by atoms with van der Waals surface area (Å²) in [6.45, 7) is 6.24. The molecule has 5 heteroatoms. The highest BCUT2D eigenvalue weighted by atomic mass is 16.5. The summed E-state index contributed by atoms with van der Waals surface area (Å²) in [6.07, 6.45) is 3.81. The zero-order chi connectivity index (χ0) is 15.3. The Bertz CT molecular complexity index is 354. The maximum atomic E-state index is 10.5. The van der Waals surface area contributed by atoms with Gasteiger partial charge in [0, 0.05) is 11.8 Å². The summed E-state index contributed by atoms with van der Waals surface area (Å²) in [5.74, 6) is -0.856. The number of hydrogen-bond acceptors (Lipinski definition) is 4. The molecule has 5 nitrogen and oxygen atoms in total. The number of carbonyl (C=O) groups is 1. The van der Waals surface area contributed by atoms with Crippen LogP contribution < -0.4 is 0 Å². The lowest BCUT2D eigenvalue weighted by Gasteiger charge is -2.47. The summed E-state index contributed by atoms with van der Waals surface area (Å²) >= 11 is 0. The van der Waals surface area contributed by atoms with E-state index >= 15 is 0 Å². The van der Waals surface area contributed by atoms with E-state index in [2.05, 4.69) is 6.92 Å². The predicted molar refractivity (Wildman–Crippen MR) is 75.3 cm³/mol. The summed E-state index contributed by atoms with van der Waals surface area (Å²) < 4.78 is 5.93. The maximum Gasteiger partial charge on any atom is 0.332 e. The van der Waals surface area contributed by atoms with Gasteiger partial charge in [-0.3, -0.25) is 0 Å². The second-order valence-corrected chi connectivity index (χ2v) is 6.03. The molecule has 5 atom stereocenters. The molecule has 0 radical (unpaired) electrons. The number of aliphatic hydroxyl groups excluding tert-OH is 2. The first kappa shape index (κ1) is 17.1. The Morgan fingerprint density at radius 2 is 2.10 bits per heavy atom. The van der Waals surface area contributed by atoms with Crippen LogP contribution in [0, 0.1) is 11.3 Å². The van der Waals surface area contributed by atoms with E-state index < -0.39 is 12.1 Å². The fraction of sp³-hybridized carbons (Fsp3) is 0.800. The minimum absolute atomic E-state index is 0.0666. The highest BCUT2D eigenvalue weighted by Crippen LogP contribution is 2.42. The molecule has 1 aliphatic rings. The molecule has 0 unspecified atom stereocenters. The first-order valence-electron chi connectivity index (χ1n) is 7.13. The molecule has 1 aliphatic heterocycles. The molecule has 1 fully saturated rings. The van der Waals surface area contributed by atoms with E-state index in [1.807, 2.05) is 19.9 Å². The third kappa shape index (κ3) is 4.04. The number of aliphatic hydroxyl groups is 2.